The van der Waals surface area contributed by atoms with Crippen molar-refractivity contribution >= 4 is 38.3 Å². The average molecular weight is 405 g/mol. The fourth-order valence-electron chi connectivity index (χ4n) is 0. The second-order valence-corrected chi connectivity index (χ2v) is 9.25. The van der Waals surface area contributed by atoms with Crippen LogP contribution in [0.5, 0.6) is 0 Å². The van der Waals surface area contributed by atoms with E-state index in [1.165, 1.54) is 0 Å². The third-order valence-electron chi connectivity index (χ3n) is 0.843. The minimum atomic E-state index is -0.685. The topological polar surface area (TPSA) is 81.2 Å². The van der Waals surface area contributed by atoms with E-state index in [1.807, 2.05) is 0 Å². The minimum Gasteiger partial charge on any atom is -0.385 e. The molecular weight excluding hydrogens is 376 g/mol. The molecule has 0 aromatic carbocycles. The summed E-state index contributed by atoms with van der Waals surface area (Å²) < 4.78 is 45.2. The zero-order valence-electron chi connectivity index (χ0n) is 14.2. The predicted molar refractivity (Wildman–Crippen MR) is 86.1 cm³/mol. The summed E-state index contributed by atoms with van der Waals surface area (Å²) in [5.74, 6) is 0. The number of hydrogen-bond donors (Lipinski definition) is 0. The van der Waals surface area contributed by atoms with Crippen LogP contribution in [-0.2, 0) is 39.6 Å². The van der Waals surface area contributed by atoms with Crippen LogP contribution in [0.4, 0.5) is 0 Å². The molecule has 0 heterocycles. The van der Waals surface area contributed by atoms with Crippen molar-refractivity contribution in [1.29, 1.82) is 0 Å². The van der Waals surface area contributed by atoms with E-state index >= 15 is 0 Å². The van der Waals surface area contributed by atoms with Gasteiger partial charge in [-0.1, -0.05) is 0 Å². The van der Waals surface area contributed by atoms with Crippen LogP contribution in [0.25, 0.3) is 0 Å². The second kappa shape index (κ2) is 28.2. The Morgan fingerprint density at radius 3 is 0.476 bits per heavy atom. The van der Waals surface area contributed by atoms with Gasteiger partial charge >= 0.3 is 38.3 Å². The first-order chi connectivity index (χ1) is 9.08. The van der Waals surface area contributed by atoms with Crippen LogP contribution in [0.1, 0.15) is 0 Å². The van der Waals surface area contributed by atoms with E-state index in [4.69, 9.17) is 0 Å². The molecule has 0 saturated heterocycles. The number of nitrogens with zero attached hydrogens (tertiary/aromatic N) is 4. The van der Waals surface area contributed by atoms with Gasteiger partial charge in [0.15, 0.2) is 0 Å². The molecule has 0 aliphatic heterocycles. The summed E-state index contributed by atoms with van der Waals surface area (Å²) in [5, 5.41) is 0. The maximum Gasteiger partial charge on any atom is 0.378 e. The Labute approximate surface area is 152 Å². The van der Waals surface area contributed by atoms with Gasteiger partial charge in [0.25, 0.3) is 0 Å². The van der Waals surface area contributed by atoms with Crippen LogP contribution in [0.15, 0.2) is 0 Å². The van der Waals surface area contributed by atoms with E-state index in [9.17, 15) is 17.8 Å². The molecule has 21 heavy (non-hydrogen) atoms. The third kappa shape index (κ3) is 101. The molecule has 13 heteroatoms. The van der Waals surface area contributed by atoms with Gasteiger partial charge < -0.3 is 36.1 Å². The summed E-state index contributed by atoms with van der Waals surface area (Å²) >= 11 is 0. The van der Waals surface area contributed by atoms with Gasteiger partial charge in [-0.05, 0) is 56.4 Å². The molecule has 0 amide bonds. The summed E-state index contributed by atoms with van der Waals surface area (Å²) in [7, 11) is 11.5. The third-order valence-corrected chi connectivity index (χ3v) is 2.53. The minimum absolute atomic E-state index is 0. The van der Waals surface area contributed by atoms with Crippen LogP contribution >= 0.6 is 0 Å². The summed E-state index contributed by atoms with van der Waals surface area (Å²) in [4.78, 5) is 0. The summed E-state index contributed by atoms with van der Waals surface area (Å²) in [6.45, 7) is 0. The first kappa shape index (κ1) is 32.8. The Bertz CT molecular complexity index is 200. The molecule has 0 fully saturated rings. The monoisotopic (exact) mass is 404 g/mol. The van der Waals surface area contributed by atoms with Crippen LogP contribution in [-0.4, -0.2) is 113 Å². The van der Waals surface area contributed by atoms with Crippen molar-refractivity contribution < 1.29 is 39.6 Å². The molecule has 124 valence electrons. The molecule has 0 unspecified atom stereocenters. The Balaban J connectivity index is -0.0000000533. The van der Waals surface area contributed by atoms with E-state index in [-0.39, 0.29) is 21.7 Å². The van der Waals surface area contributed by atoms with Gasteiger partial charge in [-0.3, -0.25) is 0 Å². The molecule has 0 aliphatic rings. The molecule has 0 aromatic rings. The first-order valence-corrected chi connectivity index (χ1v) is 9.50. The quantitative estimate of drug-likeness (QED) is 0.458. The standard InChI is InChI=1S/4C2H7NOSi.Ti/c4*1-3(2)5-4;/h4*5H,1-2H3;. The molecule has 0 saturated carbocycles. The Hall–Kier alpha value is -0.0182. The van der Waals surface area contributed by atoms with Gasteiger partial charge in [0.1, 0.15) is 0 Å². The van der Waals surface area contributed by atoms with E-state index in [2.05, 4.69) is 0 Å². The molecule has 8 nitrogen and oxygen atoms in total. The fourth-order valence-corrected chi connectivity index (χ4v) is 0. The van der Waals surface area contributed by atoms with E-state index in [0.717, 1.165) is 0 Å². The summed E-state index contributed by atoms with van der Waals surface area (Å²) in [6.07, 6.45) is 0. The van der Waals surface area contributed by atoms with Crippen molar-refractivity contribution in [2.45, 2.75) is 0 Å². The molecule has 0 spiro atoms. The summed E-state index contributed by atoms with van der Waals surface area (Å²) in [6, 6.07) is 0. The maximum atomic E-state index is 9.64. The Kier molecular flexibility index (Phi) is 44.0. The predicted octanol–water partition coefficient (Wildman–Crippen LogP) is -3.02. The molecule has 0 N–H and O–H groups in total. The van der Waals surface area contributed by atoms with Crippen LogP contribution in [0.2, 0.25) is 0 Å². The molecule has 0 bridgehead atoms. The number of hydrogen-bond acceptors (Lipinski definition) is 4. The van der Waals surface area contributed by atoms with Crippen LogP contribution in [0.3, 0.4) is 0 Å². The van der Waals surface area contributed by atoms with Crippen molar-refractivity contribution in [1.82, 2.24) is 18.3 Å². The molecule has 0 rings (SSSR count). The zero-order valence-corrected chi connectivity index (χ0v) is 20.4. The van der Waals surface area contributed by atoms with Gasteiger partial charge in [-0.15, -0.1) is 0 Å². The summed E-state index contributed by atoms with van der Waals surface area (Å²) in [5.41, 5.74) is 0. The fraction of sp³-hybridized carbons (Fsp3) is 1.00. The van der Waals surface area contributed by atoms with E-state index in [0.29, 0.717) is 0 Å². The van der Waals surface area contributed by atoms with Crippen LogP contribution < -0.4 is 0 Å². The van der Waals surface area contributed by atoms with Gasteiger partial charge in [-0.2, -0.15) is 0 Å². The number of rotatable bonds is 4. The SMILES string of the molecule is CN(C)[SiH]=O.CN(C)[SiH]=O.CN(C)[SiH]=O.CN(C)[SiH]=O.[Ti]. The van der Waals surface area contributed by atoms with Gasteiger partial charge in [0.05, 0.1) is 0 Å². The van der Waals surface area contributed by atoms with Crippen LogP contribution in [0, 0.1) is 0 Å². The molecule has 0 aromatic heterocycles. The van der Waals surface area contributed by atoms with Gasteiger partial charge in [0, 0.05) is 21.7 Å². The zero-order chi connectivity index (χ0) is 17.1. The van der Waals surface area contributed by atoms with E-state index in [1.54, 1.807) is 74.6 Å². The second-order valence-electron chi connectivity index (χ2n) is 4.28. The Morgan fingerprint density at radius 2 is 0.476 bits per heavy atom. The van der Waals surface area contributed by atoms with Crippen molar-refractivity contribution in [3.8, 4) is 0 Å². The molecule has 0 atom stereocenters. The van der Waals surface area contributed by atoms with Gasteiger partial charge in [0.2, 0.25) is 0 Å². The largest absolute Gasteiger partial charge is 0.385 e. The van der Waals surface area contributed by atoms with Crippen molar-refractivity contribution in [2.75, 3.05) is 56.4 Å². The van der Waals surface area contributed by atoms with Crippen molar-refractivity contribution in [3.63, 3.8) is 0 Å². The maximum absolute atomic E-state index is 9.64. The first-order valence-electron chi connectivity index (χ1n) is 5.55. The Morgan fingerprint density at radius 1 is 0.429 bits per heavy atom. The van der Waals surface area contributed by atoms with Crippen molar-refractivity contribution in [2.24, 2.45) is 0 Å². The van der Waals surface area contributed by atoms with Crippen molar-refractivity contribution in [3.05, 3.63) is 0 Å². The van der Waals surface area contributed by atoms with E-state index < -0.39 is 38.3 Å². The smallest absolute Gasteiger partial charge is 0.378 e. The molecule has 0 aliphatic carbocycles. The molecule has 0 radical (unpaired) electrons. The average Bonchev–Trinajstić information content (AvgIpc) is 2.40. The van der Waals surface area contributed by atoms with Gasteiger partial charge in [-0.25, -0.2) is 0 Å². The molecular formula is C8H28N4O4Si4Ti. The normalized spacial score (nSPS) is 6.48.